The number of nitrogens with one attached hydrogen (secondary N) is 3. The summed E-state index contributed by atoms with van der Waals surface area (Å²) < 4.78 is 4.73. The molecule has 0 fully saturated rings. The monoisotopic (exact) mass is 261 g/mol. The van der Waals surface area contributed by atoms with E-state index >= 15 is 0 Å². The normalized spacial score (nSPS) is 13.7. The zero-order chi connectivity index (χ0) is 13.7. The van der Waals surface area contributed by atoms with Gasteiger partial charge in [-0.25, -0.2) is 0 Å². The van der Waals surface area contributed by atoms with Gasteiger partial charge in [0.15, 0.2) is 0 Å². The average molecular weight is 261 g/mol. The Morgan fingerprint density at radius 2 is 2.00 bits per heavy atom. The van der Waals surface area contributed by atoms with E-state index in [1.165, 1.54) is 13.2 Å². The van der Waals surface area contributed by atoms with Crippen molar-refractivity contribution >= 4 is 23.2 Å². The number of ether oxygens (including phenoxy) is 1. The lowest BCUT2D eigenvalue weighted by Crippen LogP contribution is -2.17. The summed E-state index contributed by atoms with van der Waals surface area (Å²) in [6.45, 7) is 0.534. The van der Waals surface area contributed by atoms with E-state index in [0.717, 1.165) is 11.4 Å². The third-order valence-corrected chi connectivity index (χ3v) is 2.51. The van der Waals surface area contributed by atoms with Gasteiger partial charge < -0.3 is 20.7 Å². The van der Waals surface area contributed by atoms with Crippen LogP contribution < -0.4 is 16.0 Å². The fourth-order valence-corrected chi connectivity index (χ4v) is 1.67. The molecule has 0 bridgehead atoms. The molecular formula is C13H15N3O3. The molecule has 0 aromatic heterocycles. The molecule has 1 aromatic rings. The minimum absolute atomic E-state index is 0.0284. The zero-order valence-electron chi connectivity index (χ0n) is 10.5. The van der Waals surface area contributed by atoms with Crippen LogP contribution in [0.1, 0.15) is 0 Å². The van der Waals surface area contributed by atoms with Crippen LogP contribution in [0.3, 0.4) is 0 Å². The van der Waals surface area contributed by atoms with Gasteiger partial charge in [-0.2, -0.15) is 0 Å². The van der Waals surface area contributed by atoms with Crippen molar-refractivity contribution in [3.05, 3.63) is 36.0 Å². The summed E-state index contributed by atoms with van der Waals surface area (Å²) in [5.41, 5.74) is 2.37. The molecule has 100 valence electrons. The summed E-state index contributed by atoms with van der Waals surface area (Å²) in [5, 5.41) is 8.49. The van der Waals surface area contributed by atoms with Gasteiger partial charge in [-0.1, -0.05) is 0 Å². The van der Waals surface area contributed by atoms with Crippen molar-refractivity contribution in [2.45, 2.75) is 0 Å². The predicted octanol–water partition coefficient (Wildman–Crippen LogP) is 0.697. The second-order valence-corrected chi connectivity index (χ2v) is 4.07. The Kier molecular flexibility index (Phi) is 4.15. The van der Waals surface area contributed by atoms with E-state index in [9.17, 15) is 9.59 Å². The molecular weight excluding hydrogens is 246 g/mol. The fourth-order valence-electron chi connectivity index (χ4n) is 1.67. The molecule has 0 atom stereocenters. The number of anilines is 2. The molecule has 1 heterocycles. The van der Waals surface area contributed by atoms with Crippen LogP contribution in [0.2, 0.25) is 0 Å². The molecule has 6 nitrogen and oxygen atoms in total. The van der Waals surface area contributed by atoms with Crippen LogP contribution in [0.15, 0.2) is 36.0 Å². The van der Waals surface area contributed by atoms with Crippen molar-refractivity contribution in [3.63, 3.8) is 0 Å². The Hall–Kier alpha value is -2.34. The van der Waals surface area contributed by atoms with Crippen molar-refractivity contribution in [2.24, 2.45) is 0 Å². The molecule has 2 rings (SSSR count). The van der Waals surface area contributed by atoms with Crippen molar-refractivity contribution in [1.82, 2.24) is 5.32 Å². The number of hydrogen-bond acceptors (Lipinski definition) is 4. The zero-order valence-corrected chi connectivity index (χ0v) is 10.5. The van der Waals surface area contributed by atoms with Crippen LogP contribution >= 0.6 is 0 Å². The molecule has 0 aliphatic carbocycles. The van der Waals surface area contributed by atoms with E-state index in [0.29, 0.717) is 12.2 Å². The van der Waals surface area contributed by atoms with Crippen LogP contribution in [-0.4, -0.2) is 32.1 Å². The minimum atomic E-state index is -0.198. The van der Waals surface area contributed by atoms with Gasteiger partial charge in [0.2, 0.25) is 11.8 Å². The molecule has 6 heteroatoms. The first-order valence-electron chi connectivity index (χ1n) is 5.81. The molecule has 0 spiro atoms. The van der Waals surface area contributed by atoms with E-state index in [1.807, 2.05) is 12.1 Å². The lowest BCUT2D eigenvalue weighted by molar-refractivity contribution is -0.119. The Labute approximate surface area is 110 Å². The van der Waals surface area contributed by atoms with E-state index in [4.69, 9.17) is 4.74 Å². The number of methoxy groups -OCH3 is 1. The lowest BCUT2D eigenvalue weighted by Gasteiger charge is -2.08. The van der Waals surface area contributed by atoms with Crippen LogP contribution in [0, 0.1) is 0 Å². The SMILES string of the molecule is COCC(=O)Nc1ccc(NC2=CC(=O)NC2)cc1. The number of amides is 2. The summed E-state index contributed by atoms with van der Waals surface area (Å²) in [6.07, 6.45) is 1.52. The predicted molar refractivity (Wildman–Crippen MR) is 71.7 cm³/mol. The molecule has 0 radical (unpaired) electrons. The Morgan fingerprint density at radius 3 is 2.58 bits per heavy atom. The molecule has 2 amide bonds. The highest BCUT2D eigenvalue weighted by molar-refractivity contribution is 5.92. The van der Waals surface area contributed by atoms with Crippen LogP contribution in [0.25, 0.3) is 0 Å². The Bertz CT molecular complexity index is 508. The smallest absolute Gasteiger partial charge is 0.250 e. The number of carbonyl (C=O) groups is 2. The topological polar surface area (TPSA) is 79.5 Å². The van der Waals surface area contributed by atoms with Gasteiger partial charge in [0, 0.05) is 30.3 Å². The number of rotatable bonds is 5. The Morgan fingerprint density at radius 1 is 1.32 bits per heavy atom. The summed E-state index contributed by atoms with van der Waals surface area (Å²) in [4.78, 5) is 22.3. The molecule has 0 saturated heterocycles. The van der Waals surface area contributed by atoms with Crippen LogP contribution in [-0.2, 0) is 14.3 Å². The molecule has 1 aliphatic heterocycles. The summed E-state index contributed by atoms with van der Waals surface area (Å²) in [5.74, 6) is -0.289. The van der Waals surface area contributed by atoms with E-state index in [-0.39, 0.29) is 18.4 Å². The van der Waals surface area contributed by atoms with Crippen molar-refractivity contribution in [2.75, 3.05) is 30.9 Å². The quantitative estimate of drug-likeness (QED) is 0.729. The first-order chi connectivity index (χ1) is 9.17. The molecule has 1 aliphatic rings. The second kappa shape index (κ2) is 6.01. The molecule has 0 unspecified atom stereocenters. The van der Waals surface area contributed by atoms with Gasteiger partial charge in [-0.3, -0.25) is 9.59 Å². The van der Waals surface area contributed by atoms with E-state index in [1.54, 1.807) is 12.1 Å². The highest BCUT2D eigenvalue weighted by Gasteiger charge is 2.10. The van der Waals surface area contributed by atoms with Crippen molar-refractivity contribution in [3.8, 4) is 0 Å². The van der Waals surface area contributed by atoms with Crippen LogP contribution in [0.4, 0.5) is 11.4 Å². The number of carbonyl (C=O) groups excluding carboxylic acids is 2. The average Bonchev–Trinajstić information content (AvgIpc) is 2.78. The van der Waals surface area contributed by atoms with E-state index in [2.05, 4.69) is 16.0 Å². The molecule has 3 N–H and O–H groups in total. The summed E-state index contributed by atoms with van der Waals surface area (Å²) in [6, 6.07) is 7.21. The van der Waals surface area contributed by atoms with Gasteiger partial charge in [-0.05, 0) is 24.3 Å². The highest BCUT2D eigenvalue weighted by Crippen LogP contribution is 2.16. The third kappa shape index (κ3) is 3.82. The standard InChI is InChI=1S/C13H15N3O3/c1-19-8-13(18)16-10-4-2-9(3-5-10)15-11-6-12(17)14-7-11/h2-6,15H,7-8H2,1H3,(H,14,17)(H,16,18). The van der Waals surface area contributed by atoms with Crippen molar-refractivity contribution < 1.29 is 14.3 Å². The third-order valence-electron chi connectivity index (χ3n) is 2.51. The minimum Gasteiger partial charge on any atom is -0.375 e. The van der Waals surface area contributed by atoms with Gasteiger partial charge in [0.05, 0.1) is 6.54 Å². The summed E-state index contributed by atoms with van der Waals surface area (Å²) in [7, 11) is 1.47. The second-order valence-electron chi connectivity index (χ2n) is 4.07. The highest BCUT2D eigenvalue weighted by atomic mass is 16.5. The largest absolute Gasteiger partial charge is 0.375 e. The van der Waals surface area contributed by atoms with Crippen LogP contribution in [0.5, 0.6) is 0 Å². The molecule has 1 aromatic carbocycles. The van der Waals surface area contributed by atoms with Crippen molar-refractivity contribution in [1.29, 1.82) is 0 Å². The maximum Gasteiger partial charge on any atom is 0.250 e. The summed E-state index contributed by atoms with van der Waals surface area (Å²) >= 11 is 0. The molecule has 19 heavy (non-hydrogen) atoms. The lowest BCUT2D eigenvalue weighted by atomic mass is 10.2. The first-order valence-corrected chi connectivity index (χ1v) is 5.81. The molecule has 0 saturated carbocycles. The number of hydrogen-bond donors (Lipinski definition) is 3. The van der Waals surface area contributed by atoms with Gasteiger partial charge >= 0.3 is 0 Å². The van der Waals surface area contributed by atoms with Gasteiger partial charge in [0.1, 0.15) is 6.61 Å². The van der Waals surface area contributed by atoms with Gasteiger partial charge in [0.25, 0.3) is 0 Å². The maximum absolute atomic E-state index is 11.3. The maximum atomic E-state index is 11.3. The fraction of sp³-hybridized carbons (Fsp3) is 0.231. The Balaban J connectivity index is 1.93. The number of benzene rings is 1. The first kappa shape index (κ1) is 13.1. The van der Waals surface area contributed by atoms with E-state index < -0.39 is 0 Å². The van der Waals surface area contributed by atoms with Gasteiger partial charge in [-0.15, -0.1) is 0 Å².